The van der Waals surface area contributed by atoms with Gasteiger partial charge in [-0.3, -0.25) is 0 Å². The molecule has 0 bridgehead atoms. The zero-order valence-electron chi connectivity index (χ0n) is 23.7. The summed E-state index contributed by atoms with van der Waals surface area (Å²) < 4.78 is 0. The van der Waals surface area contributed by atoms with Crippen molar-refractivity contribution < 1.29 is 31.7 Å². The van der Waals surface area contributed by atoms with Gasteiger partial charge in [-0.25, -0.2) is 0 Å². The van der Waals surface area contributed by atoms with Gasteiger partial charge in [0.05, 0.1) is 5.60 Å². The Hall–Kier alpha value is -1.54. The molecule has 32 heavy (non-hydrogen) atoms. The maximum Gasteiger partial charge on any atom is 0.0563 e. The Bertz CT molecular complexity index is 332. The zero-order chi connectivity index (χ0) is 25.8. The SMILES string of the molecule is C=C(C)C.C=C(C)C.C=C(C)C.C=CC(=C)C.CC(C)(C)O.CC(C)CO.CO.O.O.O. The molecule has 0 aliphatic heterocycles. The van der Waals surface area contributed by atoms with Crippen LogP contribution in [-0.2, 0) is 0 Å². The summed E-state index contributed by atoms with van der Waals surface area (Å²) in [6.45, 7) is 40.9. The van der Waals surface area contributed by atoms with Gasteiger partial charge in [-0.1, -0.05) is 55.4 Å². The predicted molar refractivity (Wildman–Crippen MR) is 149 cm³/mol. The third-order valence-electron chi connectivity index (χ3n) is 0.714. The van der Waals surface area contributed by atoms with Crippen LogP contribution in [0.15, 0.2) is 61.3 Å². The smallest absolute Gasteiger partial charge is 0.0563 e. The van der Waals surface area contributed by atoms with Gasteiger partial charge >= 0.3 is 0 Å². The first-order chi connectivity index (χ1) is 12.7. The zero-order valence-corrected chi connectivity index (χ0v) is 23.7. The lowest BCUT2D eigenvalue weighted by atomic mass is 10.2. The minimum atomic E-state index is -0.500. The van der Waals surface area contributed by atoms with Gasteiger partial charge in [0.15, 0.2) is 0 Å². The molecule has 0 rings (SSSR count). The fourth-order valence-electron chi connectivity index (χ4n) is 0. The summed E-state index contributed by atoms with van der Waals surface area (Å²) in [5.74, 6) is 0.440. The highest BCUT2D eigenvalue weighted by Crippen LogP contribution is 1.93. The van der Waals surface area contributed by atoms with Gasteiger partial charge in [0.2, 0.25) is 0 Å². The van der Waals surface area contributed by atoms with Crippen molar-refractivity contribution in [2.75, 3.05) is 13.7 Å². The van der Waals surface area contributed by atoms with Crippen LogP contribution in [0.5, 0.6) is 0 Å². The minimum Gasteiger partial charge on any atom is -0.412 e. The van der Waals surface area contributed by atoms with Gasteiger partial charge in [-0.15, -0.1) is 19.7 Å². The molecule has 0 aliphatic rings. The van der Waals surface area contributed by atoms with E-state index in [2.05, 4.69) is 32.9 Å². The van der Waals surface area contributed by atoms with Crippen molar-refractivity contribution in [3.05, 3.63) is 61.3 Å². The van der Waals surface area contributed by atoms with Crippen LogP contribution in [0.25, 0.3) is 0 Å². The Labute approximate surface area is 201 Å². The fourth-order valence-corrected chi connectivity index (χ4v) is 0. The molecule has 0 aromatic heterocycles. The molecule has 202 valence electrons. The summed E-state index contributed by atoms with van der Waals surface area (Å²) in [5.41, 5.74) is 4.02. The Kier molecular flexibility index (Phi) is 102. The molecule has 0 unspecified atom stereocenters. The average molecular weight is 471 g/mol. The first kappa shape index (κ1) is 63.2. The van der Waals surface area contributed by atoms with Gasteiger partial charge in [-0.05, 0) is 75.2 Å². The number of aliphatic hydroxyl groups excluding tert-OH is 2. The van der Waals surface area contributed by atoms with Gasteiger partial charge in [-0.2, -0.15) is 0 Å². The van der Waals surface area contributed by atoms with Crippen LogP contribution in [0.4, 0.5) is 0 Å². The topological polar surface area (TPSA) is 155 Å². The second-order valence-corrected chi connectivity index (χ2v) is 8.42. The molecule has 0 saturated carbocycles. The molecule has 0 amide bonds. The summed E-state index contributed by atoms with van der Waals surface area (Å²) >= 11 is 0. The van der Waals surface area contributed by atoms with Crippen molar-refractivity contribution in [3.63, 3.8) is 0 Å². The van der Waals surface area contributed by atoms with Gasteiger partial charge in [0.25, 0.3) is 0 Å². The fraction of sp³-hybridized carbons (Fsp3) is 0.615. The molecule has 0 aromatic rings. The molecule has 6 heteroatoms. The van der Waals surface area contributed by atoms with Crippen molar-refractivity contribution in [2.24, 2.45) is 5.92 Å². The summed E-state index contributed by atoms with van der Waals surface area (Å²) in [5, 5.41) is 23.7. The van der Waals surface area contributed by atoms with Crippen molar-refractivity contribution in [2.45, 2.75) is 88.7 Å². The summed E-state index contributed by atoms with van der Waals surface area (Å²) in [6.07, 6.45) is 1.72. The van der Waals surface area contributed by atoms with Crippen molar-refractivity contribution in [1.82, 2.24) is 0 Å². The Balaban J connectivity index is -0.0000000220. The van der Waals surface area contributed by atoms with E-state index in [-0.39, 0.29) is 16.4 Å². The van der Waals surface area contributed by atoms with Crippen LogP contribution in [-0.4, -0.2) is 51.1 Å². The lowest BCUT2D eigenvalue weighted by Gasteiger charge is -2.04. The molecule has 0 radical (unpaired) electrons. The Morgan fingerprint density at radius 2 is 0.781 bits per heavy atom. The summed E-state index contributed by atoms with van der Waals surface area (Å²) in [7, 11) is 1.00. The molecule has 0 fully saturated rings. The highest BCUT2D eigenvalue weighted by Gasteiger charge is 1.97. The Morgan fingerprint density at radius 1 is 0.719 bits per heavy atom. The largest absolute Gasteiger partial charge is 0.412 e. The van der Waals surface area contributed by atoms with Gasteiger partial charge in [0, 0.05) is 13.7 Å². The van der Waals surface area contributed by atoms with Crippen LogP contribution in [0.1, 0.15) is 83.1 Å². The quantitative estimate of drug-likeness (QED) is 0.382. The normalized spacial score (nSPS) is 7.03. The summed E-state index contributed by atoms with van der Waals surface area (Å²) in [4.78, 5) is 0. The van der Waals surface area contributed by atoms with E-state index >= 15 is 0 Å². The number of aliphatic hydroxyl groups is 3. The van der Waals surface area contributed by atoms with Crippen molar-refractivity contribution in [3.8, 4) is 0 Å². The second kappa shape index (κ2) is 51.8. The van der Waals surface area contributed by atoms with E-state index in [1.165, 1.54) is 16.7 Å². The van der Waals surface area contributed by atoms with E-state index in [1.54, 1.807) is 26.8 Å². The van der Waals surface area contributed by atoms with Crippen LogP contribution >= 0.6 is 0 Å². The molecule has 6 nitrogen and oxygen atoms in total. The van der Waals surface area contributed by atoms with Crippen molar-refractivity contribution >= 4 is 0 Å². The molecular formula is C26H62O6. The van der Waals surface area contributed by atoms with E-state index in [0.29, 0.717) is 12.5 Å². The standard InChI is InChI=1S/C5H8.2C4H10O.3C4H8.CH4O.3H2O/c1-4-5(2)3;1-4(2,3)5;1-4(2)3-5;3*1-4(2)3;1-2;;;/h4H,1-2H2,3H3;5H,1-3H3;4-5H,3H2,1-2H3;3*1H2,2-3H3;2H,1H3;3*1H2. The maximum absolute atomic E-state index is 8.52. The number of hydrogen-bond acceptors (Lipinski definition) is 3. The van der Waals surface area contributed by atoms with Crippen LogP contribution in [0, 0.1) is 5.92 Å². The van der Waals surface area contributed by atoms with Crippen LogP contribution in [0.3, 0.4) is 0 Å². The average Bonchev–Trinajstić information content (AvgIpc) is 2.46. The van der Waals surface area contributed by atoms with Crippen LogP contribution in [0.2, 0.25) is 0 Å². The molecule has 0 aromatic carbocycles. The lowest BCUT2D eigenvalue weighted by Crippen LogP contribution is -2.10. The first-order valence-electron chi connectivity index (χ1n) is 9.66. The number of allylic oxidation sites excluding steroid dienone is 5. The molecule has 0 atom stereocenters. The van der Waals surface area contributed by atoms with E-state index in [1.807, 2.05) is 62.3 Å². The lowest BCUT2D eigenvalue weighted by molar-refractivity contribution is 0.102. The monoisotopic (exact) mass is 470 g/mol. The van der Waals surface area contributed by atoms with Gasteiger partial charge < -0.3 is 31.7 Å². The number of rotatable bonds is 2. The van der Waals surface area contributed by atoms with Crippen LogP contribution < -0.4 is 0 Å². The molecule has 0 aliphatic carbocycles. The van der Waals surface area contributed by atoms with E-state index in [9.17, 15) is 0 Å². The van der Waals surface area contributed by atoms with Crippen molar-refractivity contribution in [1.29, 1.82) is 0 Å². The molecule has 9 N–H and O–H groups in total. The van der Waals surface area contributed by atoms with E-state index < -0.39 is 5.60 Å². The predicted octanol–water partition coefficient (Wildman–Crippen LogP) is 5.04. The second-order valence-electron chi connectivity index (χ2n) is 8.42. The highest BCUT2D eigenvalue weighted by molar-refractivity contribution is 5.05. The summed E-state index contributed by atoms with van der Waals surface area (Å²) in [6, 6.07) is 0. The molecule has 0 heterocycles. The minimum absolute atomic E-state index is 0. The number of hydrogen-bond donors (Lipinski definition) is 3. The third kappa shape index (κ3) is 3550. The highest BCUT2D eigenvalue weighted by atomic mass is 16.3. The third-order valence-corrected chi connectivity index (χ3v) is 0.714. The molecule has 0 spiro atoms. The maximum atomic E-state index is 8.52. The van der Waals surface area contributed by atoms with E-state index in [4.69, 9.17) is 15.3 Å². The van der Waals surface area contributed by atoms with E-state index in [0.717, 1.165) is 12.7 Å². The van der Waals surface area contributed by atoms with Gasteiger partial charge in [0.1, 0.15) is 0 Å². The first-order valence-corrected chi connectivity index (χ1v) is 9.66. The Morgan fingerprint density at radius 3 is 0.781 bits per heavy atom. The molecular weight excluding hydrogens is 408 g/mol. The molecule has 0 saturated heterocycles.